The number of aromatic nitrogens is 1. The fourth-order valence-electron chi connectivity index (χ4n) is 1.77. The monoisotopic (exact) mass is 347 g/mol. The van der Waals surface area contributed by atoms with E-state index in [1.165, 1.54) is 0 Å². The Labute approximate surface area is 113 Å². The number of nitrogens with zero attached hydrogens (tertiary/aromatic N) is 1. The van der Waals surface area contributed by atoms with E-state index in [-0.39, 0.29) is 18.1 Å². The molecule has 17 heavy (non-hydrogen) atoms. The molecular weight excluding hydrogens is 333 g/mol. The number of ether oxygens (including phenoxy) is 1. The van der Waals surface area contributed by atoms with Crippen LogP contribution in [0.3, 0.4) is 0 Å². The zero-order chi connectivity index (χ0) is 12.3. The van der Waals surface area contributed by atoms with Gasteiger partial charge in [0.15, 0.2) is 0 Å². The maximum absolute atomic E-state index is 11.4. The summed E-state index contributed by atoms with van der Waals surface area (Å²) in [4.78, 5) is 15.6. The molecule has 6 heteroatoms. The number of carbonyl (C=O) groups excluding carboxylic acids is 1. The van der Waals surface area contributed by atoms with Crippen LogP contribution in [0.5, 0.6) is 5.88 Å². The molecule has 0 unspecified atom stereocenters. The van der Waals surface area contributed by atoms with E-state index >= 15 is 0 Å². The van der Waals surface area contributed by atoms with Crippen molar-refractivity contribution >= 4 is 28.5 Å². The molecule has 0 aliphatic carbocycles. The summed E-state index contributed by atoms with van der Waals surface area (Å²) in [6, 6.07) is 3.63. The summed E-state index contributed by atoms with van der Waals surface area (Å²) in [6.45, 7) is 0.672. The van der Waals surface area contributed by atoms with Gasteiger partial charge < -0.3 is 15.4 Å². The lowest BCUT2D eigenvalue weighted by Gasteiger charge is -2.11. The molecule has 2 rings (SSSR count). The Morgan fingerprint density at radius 3 is 3.12 bits per heavy atom. The highest BCUT2D eigenvalue weighted by molar-refractivity contribution is 14.1. The van der Waals surface area contributed by atoms with Gasteiger partial charge in [0.25, 0.3) is 0 Å². The van der Waals surface area contributed by atoms with Crippen molar-refractivity contribution in [2.75, 3.05) is 13.6 Å². The topological polar surface area (TPSA) is 63.2 Å². The Hall–Kier alpha value is -0.890. The van der Waals surface area contributed by atoms with Gasteiger partial charge in [0.05, 0.1) is 6.04 Å². The van der Waals surface area contributed by atoms with Gasteiger partial charge in [0.1, 0.15) is 6.10 Å². The predicted molar refractivity (Wildman–Crippen MR) is 71.8 cm³/mol. The first-order chi connectivity index (χ1) is 8.19. The van der Waals surface area contributed by atoms with Crippen LogP contribution in [0.4, 0.5) is 0 Å². The lowest BCUT2D eigenvalue weighted by molar-refractivity contribution is -0.122. The summed E-state index contributed by atoms with van der Waals surface area (Å²) in [5, 5.41) is 5.75. The van der Waals surface area contributed by atoms with Crippen LogP contribution in [-0.2, 0) is 4.79 Å². The molecule has 0 saturated carbocycles. The van der Waals surface area contributed by atoms with Gasteiger partial charge >= 0.3 is 0 Å². The molecule has 0 radical (unpaired) electrons. The first-order valence-electron chi connectivity index (χ1n) is 5.42. The largest absolute Gasteiger partial charge is 0.473 e. The molecule has 1 aliphatic heterocycles. The van der Waals surface area contributed by atoms with E-state index in [1.807, 2.05) is 12.1 Å². The molecule has 1 aromatic rings. The highest BCUT2D eigenvalue weighted by Gasteiger charge is 2.30. The molecule has 2 N–H and O–H groups in total. The second-order valence-corrected chi connectivity index (χ2v) is 5.11. The van der Waals surface area contributed by atoms with Crippen LogP contribution in [-0.4, -0.2) is 36.6 Å². The highest BCUT2D eigenvalue weighted by atomic mass is 127. The van der Waals surface area contributed by atoms with Crippen molar-refractivity contribution in [1.29, 1.82) is 0 Å². The van der Waals surface area contributed by atoms with Gasteiger partial charge in [-0.25, -0.2) is 4.98 Å². The fourth-order valence-corrected chi connectivity index (χ4v) is 2.09. The summed E-state index contributed by atoms with van der Waals surface area (Å²) in [5.74, 6) is 0.612. The number of rotatable bonds is 3. The smallest absolute Gasteiger partial charge is 0.237 e. The average molecular weight is 347 g/mol. The third kappa shape index (κ3) is 3.29. The molecule has 1 aliphatic rings. The number of amides is 1. The van der Waals surface area contributed by atoms with Gasteiger partial charge in [-0.15, -0.1) is 0 Å². The first-order valence-corrected chi connectivity index (χ1v) is 6.50. The maximum atomic E-state index is 11.4. The molecule has 0 spiro atoms. The van der Waals surface area contributed by atoms with E-state index in [4.69, 9.17) is 4.74 Å². The summed E-state index contributed by atoms with van der Waals surface area (Å²) in [6.07, 6.45) is 2.44. The third-order valence-corrected chi connectivity index (χ3v) is 3.28. The number of hydrogen-bond acceptors (Lipinski definition) is 4. The van der Waals surface area contributed by atoms with Crippen molar-refractivity contribution in [3.63, 3.8) is 0 Å². The van der Waals surface area contributed by atoms with Crippen molar-refractivity contribution in [1.82, 2.24) is 15.6 Å². The first kappa shape index (κ1) is 12.6. The second-order valence-electron chi connectivity index (χ2n) is 3.87. The van der Waals surface area contributed by atoms with E-state index in [2.05, 4.69) is 38.2 Å². The van der Waals surface area contributed by atoms with Crippen molar-refractivity contribution < 1.29 is 9.53 Å². The standard InChI is InChI=1S/C11H14IN3O2/c1-13-11(16)9-4-8(6-14-9)17-10-3-2-7(12)5-15-10/h2-3,5,8-9,14H,4,6H2,1H3,(H,13,16)/t8-,9+/m1/s1. The number of hydrogen-bond donors (Lipinski definition) is 2. The molecule has 92 valence electrons. The van der Waals surface area contributed by atoms with E-state index < -0.39 is 0 Å². The minimum Gasteiger partial charge on any atom is -0.473 e. The van der Waals surface area contributed by atoms with Crippen molar-refractivity contribution in [3.8, 4) is 5.88 Å². The Morgan fingerprint density at radius 2 is 2.47 bits per heavy atom. The van der Waals surface area contributed by atoms with Crippen molar-refractivity contribution in [2.45, 2.75) is 18.6 Å². The lowest BCUT2D eigenvalue weighted by atomic mass is 10.2. The fraction of sp³-hybridized carbons (Fsp3) is 0.455. The molecule has 0 bridgehead atoms. The van der Waals surface area contributed by atoms with E-state index in [1.54, 1.807) is 13.2 Å². The van der Waals surface area contributed by atoms with Gasteiger partial charge in [-0.1, -0.05) is 0 Å². The number of likely N-dealkylation sites (N-methyl/N-ethyl adjacent to an activating group) is 1. The molecule has 1 aromatic heterocycles. The zero-order valence-electron chi connectivity index (χ0n) is 9.44. The van der Waals surface area contributed by atoms with E-state index in [0.717, 1.165) is 3.57 Å². The van der Waals surface area contributed by atoms with Crippen LogP contribution >= 0.6 is 22.6 Å². The molecule has 1 fully saturated rings. The normalized spacial score (nSPS) is 23.4. The zero-order valence-corrected chi connectivity index (χ0v) is 11.6. The highest BCUT2D eigenvalue weighted by Crippen LogP contribution is 2.16. The number of halogens is 1. The van der Waals surface area contributed by atoms with Crippen LogP contribution in [0.1, 0.15) is 6.42 Å². The van der Waals surface area contributed by atoms with Crippen LogP contribution in [0.2, 0.25) is 0 Å². The van der Waals surface area contributed by atoms with Crippen molar-refractivity contribution in [2.24, 2.45) is 0 Å². The van der Waals surface area contributed by atoms with E-state index in [9.17, 15) is 4.79 Å². The van der Waals surface area contributed by atoms with Gasteiger partial charge in [-0.05, 0) is 28.7 Å². The third-order valence-electron chi connectivity index (χ3n) is 2.64. The Kier molecular flexibility index (Phi) is 4.16. The molecule has 0 aromatic carbocycles. The summed E-state index contributed by atoms with van der Waals surface area (Å²) < 4.78 is 6.77. The molecule has 2 heterocycles. The second kappa shape index (κ2) is 5.63. The lowest BCUT2D eigenvalue weighted by Crippen LogP contribution is -2.38. The number of carbonyl (C=O) groups is 1. The van der Waals surface area contributed by atoms with Gasteiger partial charge in [0, 0.05) is 35.8 Å². The summed E-state index contributed by atoms with van der Waals surface area (Å²) in [7, 11) is 1.64. The number of nitrogens with one attached hydrogen (secondary N) is 2. The minimum atomic E-state index is -0.158. The van der Waals surface area contributed by atoms with Crippen molar-refractivity contribution in [3.05, 3.63) is 21.9 Å². The molecule has 5 nitrogen and oxygen atoms in total. The molecule has 2 atom stereocenters. The maximum Gasteiger partial charge on any atom is 0.237 e. The Bertz CT molecular complexity index is 396. The Balaban J connectivity index is 1.89. The van der Waals surface area contributed by atoms with Gasteiger partial charge in [-0.2, -0.15) is 0 Å². The van der Waals surface area contributed by atoms with Gasteiger partial charge in [0.2, 0.25) is 11.8 Å². The van der Waals surface area contributed by atoms with Crippen LogP contribution in [0, 0.1) is 3.57 Å². The molecule has 1 amide bonds. The predicted octanol–water partition coefficient (Wildman–Crippen LogP) is 0.541. The summed E-state index contributed by atoms with van der Waals surface area (Å²) >= 11 is 2.19. The SMILES string of the molecule is CNC(=O)[C@@H]1C[C@@H](Oc2ccc(I)cn2)CN1. The Morgan fingerprint density at radius 1 is 1.65 bits per heavy atom. The van der Waals surface area contributed by atoms with Crippen LogP contribution in [0.15, 0.2) is 18.3 Å². The average Bonchev–Trinajstić information content (AvgIpc) is 2.80. The molecular formula is C11H14IN3O2. The van der Waals surface area contributed by atoms with Gasteiger partial charge in [-0.3, -0.25) is 4.79 Å². The van der Waals surface area contributed by atoms with Crippen LogP contribution in [0.25, 0.3) is 0 Å². The summed E-state index contributed by atoms with van der Waals surface area (Å²) in [5.41, 5.74) is 0. The molecule has 1 saturated heterocycles. The minimum absolute atomic E-state index is 0.00450. The van der Waals surface area contributed by atoms with Crippen LogP contribution < -0.4 is 15.4 Å². The van der Waals surface area contributed by atoms with E-state index in [0.29, 0.717) is 18.8 Å². The quantitative estimate of drug-likeness (QED) is 0.784. The number of pyridine rings is 1.